The van der Waals surface area contributed by atoms with Gasteiger partial charge in [-0.1, -0.05) is 30.3 Å². The molecule has 2 atom stereocenters. The molecule has 0 saturated carbocycles. The van der Waals surface area contributed by atoms with Gasteiger partial charge < -0.3 is 21.0 Å². The van der Waals surface area contributed by atoms with Gasteiger partial charge in [0.1, 0.15) is 18.2 Å². The van der Waals surface area contributed by atoms with E-state index in [4.69, 9.17) is 15.7 Å². The van der Waals surface area contributed by atoms with Crippen LogP contribution in [0.2, 0.25) is 0 Å². The molecule has 0 fully saturated rings. The first kappa shape index (κ1) is 11.7. The fourth-order valence-electron chi connectivity index (χ4n) is 1.85. The fourth-order valence-corrected chi connectivity index (χ4v) is 1.85. The monoisotopic (exact) mass is 235 g/mol. The third-order valence-corrected chi connectivity index (χ3v) is 2.99. The molecule has 1 aromatic rings. The van der Waals surface area contributed by atoms with E-state index >= 15 is 0 Å². The van der Waals surface area contributed by atoms with E-state index in [1.807, 2.05) is 31.2 Å². The molecular formula is C12H17N3O2. The Balaban J connectivity index is 1.94. The summed E-state index contributed by atoms with van der Waals surface area (Å²) >= 11 is 0. The van der Waals surface area contributed by atoms with Crippen LogP contribution in [0.3, 0.4) is 0 Å². The molecule has 1 aliphatic rings. The van der Waals surface area contributed by atoms with Crippen LogP contribution in [0.5, 0.6) is 5.75 Å². The van der Waals surface area contributed by atoms with Gasteiger partial charge in [-0.15, -0.1) is 0 Å². The maximum atomic E-state index is 8.57. The van der Waals surface area contributed by atoms with Crippen molar-refractivity contribution in [1.82, 2.24) is 5.32 Å². The zero-order valence-corrected chi connectivity index (χ0v) is 9.76. The van der Waals surface area contributed by atoms with Crippen LogP contribution in [0, 0.1) is 5.92 Å². The zero-order valence-electron chi connectivity index (χ0n) is 9.76. The van der Waals surface area contributed by atoms with Crippen molar-refractivity contribution < 1.29 is 9.94 Å². The molecule has 0 bridgehead atoms. The first-order valence-electron chi connectivity index (χ1n) is 5.65. The van der Waals surface area contributed by atoms with Crippen LogP contribution < -0.4 is 15.8 Å². The van der Waals surface area contributed by atoms with Crippen molar-refractivity contribution >= 4 is 5.84 Å². The summed E-state index contributed by atoms with van der Waals surface area (Å²) < 4.78 is 5.56. The summed E-state index contributed by atoms with van der Waals surface area (Å²) in [5, 5.41) is 14.9. The number of hydrogen-bond donors (Lipinski definition) is 3. The van der Waals surface area contributed by atoms with E-state index in [-0.39, 0.29) is 17.8 Å². The van der Waals surface area contributed by atoms with E-state index in [9.17, 15) is 0 Å². The van der Waals surface area contributed by atoms with Crippen molar-refractivity contribution in [2.45, 2.75) is 13.0 Å². The number of nitrogens with one attached hydrogen (secondary N) is 1. The first-order chi connectivity index (χ1) is 8.22. The summed E-state index contributed by atoms with van der Waals surface area (Å²) in [4.78, 5) is 0. The second-order valence-electron chi connectivity index (χ2n) is 4.24. The molecule has 0 aromatic heterocycles. The molecule has 0 radical (unpaired) electrons. The Kier molecular flexibility index (Phi) is 3.49. The highest BCUT2D eigenvalue weighted by Gasteiger charge is 2.23. The molecule has 1 heterocycles. The molecule has 0 spiro atoms. The summed E-state index contributed by atoms with van der Waals surface area (Å²) in [5.41, 5.74) is 6.69. The molecule has 1 aliphatic heterocycles. The van der Waals surface area contributed by atoms with Crippen LogP contribution in [0.15, 0.2) is 29.4 Å². The van der Waals surface area contributed by atoms with E-state index in [2.05, 4.69) is 10.5 Å². The lowest BCUT2D eigenvalue weighted by Crippen LogP contribution is -2.33. The molecule has 0 saturated heterocycles. The smallest absolute Gasteiger partial charge is 0.143 e. The molecule has 5 heteroatoms. The number of nitrogens with zero attached hydrogens (tertiary/aromatic N) is 1. The number of amidine groups is 1. The molecule has 2 rings (SSSR count). The molecule has 1 aromatic carbocycles. The number of ether oxygens (including phenoxy) is 1. The molecule has 5 nitrogen and oxygen atoms in total. The number of oxime groups is 1. The highest BCUT2D eigenvalue weighted by atomic mass is 16.5. The maximum absolute atomic E-state index is 8.57. The SMILES string of the molecule is CC(CNC1COc2ccccc21)C(N)=NO. The fraction of sp³-hybridized carbons (Fsp3) is 0.417. The number of fused-ring (bicyclic) bond motifs is 1. The summed E-state index contributed by atoms with van der Waals surface area (Å²) in [7, 11) is 0. The van der Waals surface area contributed by atoms with Gasteiger partial charge in [0.2, 0.25) is 0 Å². The topological polar surface area (TPSA) is 79.9 Å². The van der Waals surface area contributed by atoms with Crippen LogP contribution in [0.25, 0.3) is 0 Å². The third kappa shape index (κ3) is 2.50. The number of hydrogen-bond acceptors (Lipinski definition) is 4. The number of rotatable bonds is 4. The van der Waals surface area contributed by atoms with Gasteiger partial charge in [-0.25, -0.2) is 0 Å². The van der Waals surface area contributed by atoms with Gasteiger partial charge in [0.25, 0.3) is 0 Å². The molecular weight excluding hydrogens is 218 g/mol. The van der Waals surface area contributed by atoms with Gasteiger partial charge in [0.05, 0.1) is 6.04 Å². The van der Waals surface area contributed by atoms with E-state index in [0.717, 1.165) is 5.75 Å². The van der Waals surface area contributed by atoms with Crippen molar-refractivity contribution in [2.24, 2.45) is 16.8 Å². The lowest BCUT2D eigenvalue weighted by molar-refractivity contribution is 0.304. The summed E-state index contributed by atoms with van der Waals surface area (Å²) in [6.07, 6.45) is 0. The highest BCUT2D eigenvalue weighted by molar-refractivity contribution is 5.82. The second kappa shape index (κ2) is 5.05. The predicted molar refractivity (Wildman–Crippen MR) is 65.3 cm³/mol. The van der Waals surface area contributed by atoms with Crippen molar-refractivity contribution in [2.75, 3.05) is 13.2 Å². The third-order valence-electron chi connectivity index (χ3n) is 2.99. The second-order valence-corrected chi connectivity index (χ2v) is 4.24. The number of benzene rings is 1. The molecule has 2 unspecified atom stereocenters. The van der Waals surface area contributed by atoms with Gasteiger partial charge in [-0.3, -0.25) is 0 Å². The van der Waals surface area contributed by atoms with Crippen LogP contribution in [-0.4, -0.2) is 24.2 Å². The van der Waals surface area contributed by atoms with Crippen molar-refractivity contribution in [3.8, 4) is 5.75 Å². The zero-order chi connectivity index (χ0) is 12.3. The van der Waals surface area contributed by atoms with Crippen molar-refractivity contribution in [3.63, 3.8) is 0 Å². The van der Waals surface area contributed by atoms with E-state index in [1.165, 1.54) is 5.56 Å². The largest absolute Gasteiger partial charge is 0.491 e. The molecule has 17 heavy (non-hydrogen) atoms. The quantitative estimate of drug-likeness (QED) is 0.316. The average Bonchev–Trinajstić information content (AvgIpc) is 2.78. The normalized spacial score (nSPS) is 20.8. The standard InChI is InChI=1S/C12H17N3O2/c1-8(12(13)15-16)6-14-10-7-17-11-5-3-2-4-9(10)11/h2-5,8,10,14,16H,6-7H2,1H3,(H2,13,15). The summed E-state index contributed by atoms with van der Waals surface area (Å²) in [6, 6.07) is 8.15. The minimum Gasteiger partial charge on any atom is -0.491 e. The molecule has 0 amide bonds. The van der Waals surface area contributed by atoms with Crippen LogP contribution >= 0.6 is 0 Å². The minimum absolute atomic E-state index is 0.00670. The Morgan fingerprint density at radius 3 is 3.18 bits per heavy atom. The maximum Gasteiger partial charge on any atom is 0.143 e. The average molecular weight is 235 g/mol. The van der Waals surface area contributed by atoms with E-state index in [1.54, 1.807) is 0 Å². The van der Waals surface area contributed by atoms with Gasteiger partial charge in [0.15, 0.2) is 0 Å². The summed E-state index contributed by atoms with van der Waals surface area (Å²) in [5.74, 6) is 1.17. The number of para-hydroxylation sites is 1. The Hall–Kier alpha value is -1.75. The Labute approximate surface area is 100 Å². The van der Waals surface area contributed by atoms with Crippen LogP contribution in [-0.2, 0) is 0 Å². The molecule has 92 valence electrons. The van der Waals surface area contributed by atoms with Crippen molar-refractivity contribution in [3.05, 3.63) is 29.8 Å². The van der Waals surface area contributed by atoms with Gasteiger partial charge in [0, 0.05) is 18.0 Å². The lowest BCUT2D eigenvalue weighted by Gasteiger charge is -2.15. The van der Waals surface area contributed by atoms with Gasteiger partial charge in [-0.2, -0.15) is 0 Å². The Bertz CT molecular complexity index is 420. The van der Waals surface area contributed by atoms with Crippen molar-refractivity contribution in [1.29, 1.82) is 0 Å². The van der Waals surface area contributed by atoms with E-state index < -0.39 is 0 Å². The lowest BCUT2D eigenvalue weighted by atomic mass is 10.1. The minimum atomic E-state index is -0.00670. The Morgan fingerprint density at radius 1 is 1.65 bits per heavy atom. The predicted octanol–water partition coefficient (Wildman–Crippen LogP) is 1.09. The van der Waals surface area contributed by atoms with E-state index in [0.29, 0.717) is 13.2 Å². The van der Waals surface area contributed by atoms with Crippen LogP contribution in [0.1, 0.15) is 18.5 Å². The number of nitrogens with two attached hydrogens (primary N) is 1. The van der Waals surface area contributed by atoms with Gasteiger partial charge >= 0.3 is 0 Å². The highest BCUT2D eigenvalue weighted by Crippen LogP contribution is 2.31. The first-order valence-corrected chi connectivity index (χ1v) is 5.65. The molecule has 4 N–H and O–H groups in total. The van der Waals surface area contributed by atoms with Gasteiger partial charge in [-0.05, 0) is 6.07 Å². The summed E-state index contributed by atoms with van der Waals surface area (Å²) in [6.45, 7) is 3.18. The molecule has 0 aliphatic carbocycles. The van der Waals surface area contributed by atoms with Crippen LogP contribution in [0.4, 0.5) is 0 Å². The Morgan fingerprint density at radius 2 is 2.41 bits per heavy atom.